The number of nitrogens with zero attached hydrogens (tertiary/aromatic N) is 1. The molecule has 0 spiro atoms. The van der Waals surface area contributed by atoms with Crippen LogP contribution in [0.25, 0.3) is 0 Å². The second-order valence-electron chi connectivity index (χ2n) is 3.56. The van der Waals surface area contributed by atoms with Crippen LogP contribution in [0.1, 0.15) is 5.56 Å². The fourth-order valence-electron chi connectivity index (χ4n) is 1.52. The predicted molar refractivity (Wildman–Crippen MR) is 70.9 cm³/mol. The van der Waals surface area contributed by atoms with Gasteiger partial charge in [-0.2, -0.15) is 5.26 Å². The Hall–Kier alpha value is -1.76. The number of hydrogen-bond acceptors (Lipinski definition) is 2. The van der Waals surface area contributed by atoms with Gasteiger partial charge in [-0.1, -0.05) is 29.3 Å². The van der Waals surface area contributed by atoms with E-state index in [0.29, 0.717) is 22.0 Å². The molecule has 0 radical (unpaired) electrons. The van der Waals surface area contributed by atoms with Crippen LogP contribution in [0.4, 0.5) is 15.8 Å². The highest BCUT2D eigenvalue weighted by Crippen LogP contribution is 2.27. The van der Waals surface area contributed by atoms with Crippen molar-refractivity contribution in [2.45, 2.75) is 0 Å². The van der Waals surface area contributed by atoms with E-state index in [1.54, 1.807) is 24.3 Å². The fraction of sp³-hybridized carbons (Fsp3) is 0. The first kappa shape index (κ1) is 12.7. The summed E-state index contributed by atoms with van der Waals surface area (Å²) in [5, 5.41) is 12.5. The zero-order valence-electron chi connectivity index (χ0n) is 9.05. The van der Waals surface area contributed by atoms with Crippen molar-refractivity contribution in [3.63, 3.8) is 0 Å². The summed E-state index contributed by atoms with van der Waals surface area (Å²) in [5.41, 5.74) is 1.27. The average Bonchev–Trinajstić information content (AvgIpc) is 2.27. The lowest BCUT2D eigenvalue weighted by molar-refractivity contribution is 0.628. The smallest absolute Gasteiger partial charge is 0.126 e. The predicted octanol–water partition coefficient (Wildman–Crippen LogP) is 4.75. The molecule has 18 heavy (non-hydrogen) atoms. The molecule has 0 atom stereocenters. The molecule has 0 aliphatic rings. The Balaban J connectivity index is 2.40. The summed E-state index contributed by atoms with van der Waals surface area (Å²) in [6.07, 6.45) is 0. The molecule has 2 nitrogen and oxygen atoms in total. The molecule has 2 aromatic rings. The Morgan fingerprint density at radius 3 is 2.61 bits per heavy atom. The van der Waals surface area contributed by atoms with Crippen LogP contribution in [-0.2, 0) is 0 Å². The summed E-state index contributed by atoms with van der Waals surface area (Å²) in [6, 6.07) is 11.0. The lowest BCUT2D eigenvalue weighted by atomic mass is 10.2. The highest BCUT2D eigenvalue weighted by molar-refractivity contribution is 6.32. The monoisotopic (exact) mass is 280 g/mol. The topological polar surface area (TPSA) is 35.8 Å². The van der Waals surface area contributed by atoms with Gasteiger partial charge in [0.25, 0.3) is 0 Å². The standard InChI is InChI=1S/C13H7Cl2FN2/c14-8-4-9(16)6-10(5-8)18-13-3-1-2-12(15)11(13)7-17/h1-6,18H. The zero-order chi connectivity index (χ0) is 13.1. The molecule has 0 saturated heterocycles. The first-order valence-corrected chi connectivity index (χ1v) is 5.77. The maximum absolute atomic E-state index is 13.2. The molecule has 2 aromatic carbocycles. The van der Waals surface area contributed by atoms with Crippen molar-refractivity contribution in [3.05, 3.63) is 57.8 Å². The van der Waals surface area contributed by atoms with Crippen molar-refractivity contribution in [1.29, 1.82) is 5.26 Å². The van der Waals surface area contributed by atoms with Gasteiger partial charge in [0.2, 0.25) is 0 Å². The lowest BCUT2D eigenvalue weighted by Gasteiger charge is -2.09. The van der Waals surface area contributed by atoms with Crippen LogP contribution in [0.3, 0.4) is 0 Å². The normalized spacial score (nSPS) is 9.89. The molecule has 0 aliphatic heterocycles. The minimum absolute atomic E-state index is 0.276. The molecule has 1 N–H and O–H groups in total. The average molecular weight is 281 g/mol. The van der Waals surface area contributed by atoms with Gasteiger partial charge < -0.3 is 5.32 Å². The molecule has 0 amide bonds. The first-order chi connectivity index (χ1) is 8.60. The Morgan fingerprint density at radius 2 is 1.94 bits per heavy atom. The summed E-state index contributed by atoms with van der Waals surface area (Å²) < 4.78 is 13.2. The Bertz CT molecular complexity index is 615. The van der Waals surface area contributed by atoms with Crippen molar-refractivity contribution < 1.29 is 4.39 Å². The largest absolute Gasteiger partial charge is 0.354 e. The molecule has 90 valence electrons. The molecule has 0 fully saturated rings. The molecule has 0 aromatic heterocycles. The number of rotatable bonds is 2. The van der Waals surface area contributed by atoms with Crippen molar-refractivity contribution in [2.24, 2.45) is 0 Å². The number of nitrogens with one attached hydrogen (secondary N) is 1. The van der Waals surface area contributed by atoms with Crippen LogP contribution in [0, 0.1) is 17.1 Å². The molecular formula is C13H7Cl2FN2. The molecule has 0 heterocycles. The third-order valence-corrected chi connectivity index (χ3v) is 2.80. The first-order valence-electron chi connectivity index (χ1n) is 5.02. The third kappa shape index (κ3) is 2.73. The van der Waals surface area contributed by atoms with Crippen molar-refractivity contribution in [3.8, 4) is 6.07 Å². The summed E-state index contributed by atoms with van der Waals surface area (Å²) in [5.74, 6) is -0.453. The summed E-state index contributed by atoms with van der Waals surface area (Å²) >= 11 is 11.6. The van der Waals surface area contributed by atoms with Crippen LogP contribution in [-0.4, -0.2) is 0 Å². The van der Waals surface area contributed by atoms with E-state index in [1.807, 2.05) is 6.07 Å². The van der Waals surface area contributed by atoms with Crippen LogP contribution < -0.4 is 5.32 Å². The molecule has 0 bridgehead atoms. The Kier molecular flexibility index (Phi) is 3.71. The van der Waals surface area contributed by atoms with E-state index < -0.39 is 5.82 Å². The molecule has 5 heteroatoms. The molecule has 0 unspecified atom stereocenters. The summed E-state index contributed by atoms with van der Waals surface area (Å²) in [4.78, 5) is 0. The maximum atomic E-state index is 13.2. The SMILES string of the molecule is N#Cc1c(Cl)cccc1Nc1cc(F)cc(Cl)c1. The minimum atomic E-state index is -0.453. The summed E-state index contributed by atoms with van der Waals surface area (Å²) in [6.45, 7) is 0. The molecule has 0 saturated carbocycles. The second kappa shape index (κ2) is 5.26. The lowest BCUT2D eigenvalue weighted by Crippen LogP contribution is -1.94. The molecular weight excluding hydrogens is 274 g/mol. The zero-order valence-corrected chi connectivity index (χ0v) is 10.6. The van der Waals surface area contributed by atoms with E-state index in [2.05, 4.69) is 5.32 Å². The Morgan fingerprint density at radius 1 is 1.17 bits per heavy atom. The maximum Gasteiger partial charge on any atom is 0.126 e. The van der Waals surface area contributed by atoms with E-state index in [0.717, 1.165) is 0 Å². The van der Waals surface area contributed by atoms with E-state index in [4.69, 9.17) is 28.5 Å². The van der Waals surface area contributed by atoms with Gasteiger partial charge in [-0.3, -0.25) is 0 Å². The van der Waals surface area contributed by atoms with Gasteiger partial charge in [0.15, 0.2) is 0 Å². The van der Waals surface area contributed by atoms with Gasteiger partial charge in [-0.15, -0.1) is 0 Å². The van der Waals surface area contributed by atoms with Gasteiger partial charge in [0.1, 0.15) is 11.9 Å². The highest BCUT2D eigenvalue weighted by Gasteiger charge is 2.07. The number of anilines is 2. The van der Waals surface area contributed by atoms with Crippen molar-refractivity contribution in [2.75, 3.05) is 5.32 Å². The highest BCUT2D eigenvalue weighted by atomic mass is 35.5. The van der Waals surface area contributed by atoms with Crippen LogP contribution in [0.5, 0.6) is 0 Å². The van der Waals surface area contributed by atoms with Crippen LogP contribution >= 0.6 is 23.2 Å². The van der Waals surface area contributed by atoms with Crippen molar-refractivity contribution >= 4 is 34.6 Å². The van der Waals surface area contributed by atoms with Gasteiger partial charge in [-0.05, 0) is 30.3 Å². The Labute approximate surface area is 114 Å². The van der Waals surface area contributed by atoms with E-state index in [-0.39, 0.29) is 5.02 Å². The van der Waals surface area contributed by atoms with Gasteiger partial charge in [-0.25, -0.2) is 4.39 Å². The molecule has 2 rings (SSSR count). The van der Waals surface area contributed by atoms with Gasteiger partial charge in [0, 0.05) is 10.7 Å². The number of nitriles is 1. The quantitative estimate of drug-likeness (QED) is 0.862. The van der Waals surface area contributed by atoms with Crippen molar-refractivity contribution in [1.82, 2.24) is 0 Å². The number of halogens is 3. The molecule has 0 aliphatic carbocycles. The summed E-state index contributed by atoms with van der Waals surface area (Å²) in [7, 11) is 0. The second-order valence-corrected chi connectivity index (χ2v) is 4.40. The van der Waals surface area contributed by atoms with Gasteiger partial charge >= 0.3 is 0 Å². The fourth-order valence-corrected chi connectivity index (χ4v) is 1.96. The number of benzene rings is 2. The van der Waals surface area contributed by atoms with E-state index >= 15 is 0 Å². The third-order valence-electron chi connectivity index (χ3n) is 2.27. The van der Waals surface area contributed by atoms with E-state index in [9.17, 15) is 4.39 Å². The van der Waals surface area contributed by atoms with Crippen LogP contribution in [0.2, 0.25) is 10.0 Å². The van der Waals surface area contributed by atoms with Crippen LogP contribution in [0.15, 0.2) is 36.4 Å². The minimum Gasteiger partial charge on any atom is -0.354 e. The van der Waals surface area contributed by atoms with E-state index in [1.165, 1.54) is 12.1 Å². The van der Waals surface area contributed by atoms with Gasteiger partial charge in [0.05, 0.1) is 16.3 Å². The number of hydrogen-bond donors (Lipinski definition) is 1.